The number of pyridine rings is 1. The van der Waals surface area contributed by atoms with Crippen LogP contribution in [-0.2, 0) is 6.54 Å². The molecule has 0 radical (unpaired) electrons. The maximum absolute atomic E-state index is 4.15. The molecular formula is C14H13BrN6. The highest BCUT2D eigenvalue weighted by Gasteiger charge is 2.04. The van der Waals surface area contributed by atoms with E-state index in [4.69, 9.17) is 0 Å². The molecule has 3 rings (SSSR count). The standard InChI is InChI=1S/C14H13BrN6/c1-10-4-13(2-3-14(10)21-9-18-19-20-21)17-7-11-5-12(15)8-16-6-11/h2-6,8-9,17H,7H2,1H3. The van der Waals surface area contributed by atoms with Crippen LogP contribution in [0.4, 0.5) is 5.69 Å². The van der Waals surface area contributed by atoms with Crippen LogP contribution in [0.25, 0.3) is 5.69 Å². The minimum Gasteiger partial charge on any atom is -0.381 e. The van der Waals surface area contributed by atoms with Crippen molar-refractivity contribution in [1.82, 2.24) is 25.2 Å². The molecule has 3 aromatic rings. The molecule has 2 heterocycles. The summed E-state index contributed by atoms with van der Waals surface area (Å²) in [5, 5.41) is 14.6. The van der Waals surface area contributed by atoms with Gasteiger partial charge in [0.1, 0.15) is 6.33 Å². The van der Waals surface area contributed by atoms with E-state index >= 15 is 0 Å². The Morgan fingerprint density at radius 1 is 1.24 bits per heavy atom. The Morgan fingerprint density at radius 3 is 2.86 bits per heavy atom. The fraction of sp³-hybridized carbons (Fsp3) is 0.143. The minimum absolute atomic E-state index is 0.718. The Kier molecular flexibility index (Phi) is 3.92. The minimum atomic E-state index is 0.718. The highest BCUT2D eigenvalue weighted by molar-refractivity contribution is 9.10. The van der Waals surface area contributed by atoms with E-state index in [-0.39, 0.29) is 0 Å². The number of nitrogens with zero attached hydrogens (tertiary/aromatic N) is 5. The summed E-state index contributed by atoms with van der Waals surface area (Å²) in [5.41, 5.74) is 4.23. The van der Waals surface area contributed by atoms with E-state index in [0.717, 1.165) is 33.5 Å². The predicted octanol–water partition coefficient (Wildman–Crippen LogP) is 2.74. The number of nitrogens with one attached hydrogen (secondary N) is 1. The molecule has 0 aliphatic rings. The lowest BCUT2D eigenvalue weighted by atomic mass is 10.1. The Labute approximate surface area is 130 Å². The largest absolute Gasteiger partial charge is 0.381 e. The number of halogens is 1. The molecule has 0 unspecified atom stereocenters. The summed E-state index contributed by atoms with van der Waals surface area (Å²) >= 11 is 3.42. The molecule has 0 spiro atoms. The topological polar surface area (TPSA) is 68.5 Å². The van der Waals surface area contributed by atoms with Gasteiger partial charge in [0.05, 0.1) is 5.69 Å². The van der Waals surface area contributed by atoms with Crippen LogP contribution >= 0.6 is 15.9 Å². The highest BCUT2D eigenvalue weighted by atomic mass is 79.9. The number of tetrazole rings is 1. The van der Waals surface area contributed by atoms with Crippen molar-refractivity contribution in [2.45, 2.75) is 13.5 Å². The molecule has 0 fully saturated rings. The van der Waals surface area contributed by atoms with Crippen LogP contribution in [-0.4, -0.2) is 25.2 Å². The summed E-state index contributed by atoms with van der Waals surface area (Å²) in [6.45, 7) is 2.75. The van der Waals surface area contributed by atoms with Crippen LogP contribution in [0, 0.1) is 6.92 Å². The Bertz CT molecular complexity index is 741. The first-order chi connectivity index (χ1) is 10.2. The zero-order valence-corrected chi connectivity index (χ0v) is 12.9. The van der Waals surface area contributed by atoms with Crippen molar-refractivity contribution in [3.8, 4) is 5.69 Å². The number of benzene rings is 1. The van der Waals surface area contributed by atoms with Crippen LogP contribution < -0.4 is 5.32 Å². The van der Waals surface area contributed by atoms with Crippen molar-refractivity contribution in [1.29, 1.82) is 0 Å². The first-order valence-electron chi connectivity index (χ1n) is 6.40. The van der Waals surface area contributed by atoms with Gasteiger partial charge in [-0.3, -0.25) is 4.98 Å². The number of aryl methyl sites for hydroxylation is 1. The van der Waals surface area contributed by atoms with Crippen molar-refractivity contribution >= 4 is 21.6 Å². The van der Waals surface area contributed by atoms with Crippen molar-refractivity contribution < 1.29 is 0 Å². The average Bonchev–Trinajstić information content (AvgIpc) is 2.99. The molecule has 106 valence electrons. The van der Waals surface area contributed by atoms with Gasteiger partial charge in [0, 0.05) is 29.1 Å². The molecule has 0 aliphatic carbocycles. The average molecular weight is 345 g/mol. The van der Waals surface area contributed by atoms with E-state index in [1.54, 1.807) is 17.2 Å². The van der Waals surface area contributed by atoms with Gasteiger partial charge >= 0.3 is 0 Å². The number of hydrogen-bond acceptors (Lipinski definition) is 5. The van der Waals surface area contributed by atoms with Crippen LogP contribution in [0.2, 0.25) is 0 Å². The summed E-state index contributed by atoms with van der Waals surface area (Å²) in [6, 6.07) is 8.12. The fourth-order valence-electron chi connectivity index (χ4n) is 2.05. The Hall–Kier alpha value is -2.28. The van der Waals surface area contributed by atoms with E-state index in [1.807, 2.05) is 31.3 Å². The molecule has 1 N–H and O–H groups in total. The van der Waals surface area contributed by atoms with E-state index in [1.165, 1.54) is 0 Å². The maximum Gasteiger partial charge on any atom is 0.143 e. The molecule has 0 saturated carbocycles. The van der Waals surface area contributed by atoms with Crippen LogP contribution in [0.5, 0.6) is 0 Å². The maximum atomic E-state index is 4.15. The molecule has 1 aromatic carbocycles. The normalized spacial score (nSPS) is 10.6. The lowest BCUT2D eigenvalue weighted by Crippen LogP contribution is -2.02. The number of aromatic nitrogens is 5. The first-order valence-corrected chi connectivity index (χ1v) is 7.19. The third-order valence-electron chi connectivity index (χ3n) is 3.05. The third-order valence-corrected chi connectivity index (χ3v) is 3.48. The monoisotopic (exact) mass is 344 g/mol. The van der Waals surface area contributed by atoms with E-state index in [2.05, 4.69) is 47.8 Å². The van der Waals surface area contributed by atoms with Gasteiger partial charge in [-0.2, -0.15) is 0 Å². The van der Waals surface area contributed by atoms with Gasteiger partial charge in [0.2, 0.25) is 0 Å². The van der Waals surface area contributed by atoms with Crippen molar-refractivity contribution in [3.63, 3.8) is 0 Å². The van der Waals surface area contributed by atoms with Gasteiger partial charge < -0.3 is 5.32 Å². The molecule has 2 aromatic heterocycles. The van der Waals surface area contributed by atoms with Gasteiger partial charge in [-0.05, 0) is 68.7 Å². The zero-order valence-electron chi connectivity index (χ0n) is 11.4. The SMILES string of the molecule is Cc1cc(NCc2cncc(Br)c2)ccc1-n1cnnn1. The summed E-state index contributed by atoms with van der Waals surface area (Å²) < 4.78 is 2.63. The smallest absolute Gasteiger partial charge is 0.143 e. The highest BCUT2D eigenvalue weighted by Crippen LogP contribution is 2.19. The second-order valence-electron chi connectivity index (χ2n) is 4.62. The summed E-state index contributed by atoms with van der Waals surface area (Å²) in [4.78, 5) is 4.15. The lowest BCUT2D eigenvalue weighted by molar-refractivity contribution is 0.785. The summed E-state index contributed by atoms with van der Waals surface area (Å²) in [5.74, 6) is 0. The number of hydrogen-bond donors (Lipinski definition) is 1. The van der Waals surface area contributed by atoms with Gasteiger partial charge in [-0.15, -0.1) is 5.10 Å². The van der Waals surface area contributed by atoms with Gasteiger partial charge in [-0.1, -0.05) is 0 Å². The molecule has 0 amide bonds. The first kappa shape index (κ1) is 13.7. The molecule has 0 atom stereocenters. The van der Waals surface area contributed by atoms with Gasteiger partial charge in [0.15, 0.2) is 0 Å². The number of anilines is 1. The summed E-state index contributed by atoms with van der Waals surface area (Å²) in [6.07, 6.45) is 5.21. The van der Waals surface area contributed by atoms with E-state index < -0.39 is 0 Å². The van der Waals surface area contributed by atoms with Crippen LogP contribution in [0.15, 0.2) is 47.5 Å². The molecule has 0 aliphatic heterocycles. The fourth-order valence-corrected chi connectivity index (χ4v) is 2.46. The van der Waals surface area contributed by atoms with Crippen LogP contribution in [0.1, 0.15) is 11.1 Å². The van der Waals surface area contributed by atoms with Crippen molar-refractivity contribution in [2.75, 3.05) is 5.32 Å². The molecular weight excluding hydrogens is 332 g/mol. The zero-order chi connectivity index (χ0) is 14.7. The Morgan fingerprint density at radius 2 is 2.14 bits per heavy atom. The quantitative estimate of drug-likeness (QED) is 0.788. The second kappa shape index (κ2) is 6.01. The van der Waals surface area contributed by atoms with E-state index in [0.29, 0.717) is 0 Å². The predicted molar refractivity (Wildman–Crippen MR) is 83.2 cm³/mol. The molecule has 0 bridgehead atoms. The molecule has 21 heavy (non-hydrogen) atoms. The number of rotatable bonds is 4. The lowest BCUT2D eigenvalue weighted by Gasteiger charge is -2.10. The summed E-state index contributed by atoms with van der Waals surface area (Å²) in [7, 11) is 0. The van der Waals surface area contributed by atoms with Crippen molar-refractivity contribution in [3.05, 3.63) is 58.6 Å². The van der Waals surface area contributed by atoms with Crippen molar-refractivity contribution in [2.24, 2.45) is 0 Å². The van der Waals surface area contributed by atoms with Crippen LogP contribution in [0.3, 0.4) is 0 Å². The molecule has 0 saturated heterocycles. The third kappa shape index (κ3) is 3.25. The van der Waals surface area contributed by atoms with Gasteiger partial charge in [0.25, 0.3) is 0 Å². The molecule has 6 nitrogen and oxygen atoms in total. The van der Waals surface area contributed by atoms with Gasteiger partial charge in [-0.25, -0.2) is 4.68 Å². The van der Waals surface area contributed by atoms with E-state index in [9.17, 15) is 0 Å². The Balaban J connectivity index is 1.74. The second-order valence-corrected chi connectivity index (χ2v) is 5.54. The molecule has 7 heteroatoms.